The van der Waals surface area contributed by atoms with Crippen LogP contribution in [-0.4, -0.2) is 29.5 Å². The van der Waals surface area contributed by atoms with Crippen LogP contribution in [0.5, 0.6) is 0 Å². The van der Waals surface area contributed by atoms with E-state index in [1.54, 1.807) is 24.3 Å². The van der Waals surface area contributed by atoms with Crippen LogP contribution in [-0.2, 0) is 21.0 Å². The van der Waals surface area contributed by atoms with Crippen molar-refractivity contribution in [2.24, 2.45) is 0 Å². The van der Waals surface area contributed by atoms with Crippen LogP contribution in [0, 0.1) is 0 Å². The minimum Gasteiger partial charge on any atom is -0.461 e. The summed E-state index contributed by atoms with van der Waals surface area (Å²) in [6.07, 6.45) is 2.38. The molecule has 1 heterocycles. The molecule has 0 unspecified atom stereocenters. The highest BCUT2D eigenvalue weighted by Crippen LogP contribution is 2.22. The molecule has 0 fully saturated rings. The monoisotopic (exact) mass is 367 g/mol. The van der Waals surface area contributed by atoms with Gasteiger partial charge in [0.25, 0.3) is 11.8 Å². The second kappa shape index (κ2) is 9.09. The number of fused-ring (bicyclic) bond motifs is 1. The molecular weight excluding hydrogens is 346 g/mol. The molecule has 140 valence electrons. The lowest BCUT2D eigenvalue weighted by molar-refractivity contribution is -0.145. The first-order valence-corrected chi connectivity index (χ1v) is 8.97. The Morgan fingerprint density at radius 3 is 2.11 bits per heavy atom. The van der Waals surface area contributed by atoms with E-state index in [0.29, 0.717) is 30.4 Å². The Bertz CT molecular complexity index is 783. The standard InChI is InChI=1S/C21H21NO5/c23-19(26-15-16-9-3-1-4-10-16)13-5-2-8-14-27-22-20(24)17-11-6-7-12-18(17)21(22)25/h1,3-4,6-7,9-12H,2,5,8,13-15H2. The van der Waals surface area contributed by atoms with Crippen LogP contribution in [0.25, 0.3) is 0 Å². The van der Waals surface area contributed by atoms with Crippen LogP contribution >= 0.6 is 0 Å². The van der Waals surface area contributed by atoms with E-state index in [4.69, 9.17) is 9.57 Å². The van der Waals surface area contributed by atoms with Crippen molar-refractivity contribution in [3.8, 4) is 0 Å². The summed E-state index contributed by atoms with van der Waals surface area (Å²) in [5.41, 5.74) is 1.69. The number of esters is 1. The third-order valence-electron chi connectivity index (χ3n) is 4.25. The van der Waals surface area contributed by atoms with Gasteiger partial charge in [-0.3, -0.25) is 19.2 Å². The predicted molar refractivity (Wildman–Crippen MR) is 97.6 cm³/mol. The van der Waals surface area contributed by atoms with Crippen molar-refractivity contribution in [1.82, 2.24) is 5.06 Å². The third-order valence-corrected chi connectivity index (χ3v) is 4.25. The quantitative estimate of drug-likeness (QED) is 0.385. The lowest BCUT2D eigenvalue weighted by atomic mass is 10.1. The Morgan fingerprint density at radius 1 is 0.815 bits per heavy atom. The van der Waals surface area contributed by atoms with Crippen LogP contribution in [0.3, 0.4) is 0 Å². The summed E-state index contributed by atoms with van der Waals surface area (Å²) >= 11 is 0. The van der Waals surface area contributed by atoms with E-state index in [1.807, 2.05) is 30.3 Å². The predicted octanol–water partition coefficient (Wildman–Crippen LogP) is 3.52. The van der Waals surface area contributed by atoms with Crippen LogP contribution in [0.15, 0.2) is 54.6 Å². The van der Waals surface area contributed by atoms with E-state index in [2.05, 4.69) is 0 Å². The van der Waals surface area contributed by atoms with Gasteiger partial charge in [0.05, 0.1) is 17.7 Å². The van der Waals surface area contributed by atoms with Gasteiger partial charge in [-0.2, -0.15) is 0 Å². The zero-order valence-corrected chi connectivity index (χ0v) is 14.9. The molecule has 0 saturated carbocycles. The smallest absolute Gasteiger partial charge is 0.306 e. The topological polar surface area (TPSA) is 72.9 Å². The average molecular weight is 367 g/mol. The Kier molecular flexibility index (Phi) is 6.33. The summed E-state index contributed by atoms with van der Waals surface area (Å²) in [4.78, 5) is 41.3. The number of imide groups is 1. The molecule has 1 aliphatic rings. The number of nitrogens with zero attached hydrogens (tertiary/aromatic N) is 1. The first-order chi connectivity index (χ1) is 13.2. The molecule has 2 aromatic rings. The Labute approximate surface area is 157 Å². The van der Waals surface area contributed by atoms with Gasteiger partial charge in [-0.15, -0.1) is 5.06 Å². The van der Waals surface area contributed by atoms with Crippen molar-refractivity contribution in [2.75, 3.05) is 6.61 Å². The van der Waals surface area contributed by atoms with Crippen LogP contribution < -0.4 is 0 Å². The van der Waals surface area contributed by atoms with E-state index in [9.17, 15) is 14.4 Å². The van der Waals surface area contributed by atoms with Crippen molar-refractivity contribution in [3.63, 3.8) is 0 Å². The first-order valence-electron chi connectivity index (χ1n) is 8.97. The molecule has 6 heteroatoms. The molecule has 0 radical (unpaired) electrons. The lowest BCUT2D eigenvalue weighted by Crippen LogP contribution is -2.30. The summed E-state index contributed by atoms with van der Waals surface area (Å²) in [5, 5.41) is 0.818. The van der Waals surface area contributed by atoms with Gasteiger partial charge < -0.3 is 4.74 Å². The van der Waals surface area contributed by atoms with E-state index in [0.717, 1.165) is 17.0 Å². The summed E-state index contributed by atoms with van der Waals surface area (Å²) in [7, 11) is 0. The molecule has 6 nitrogen and oxygen atoms in total. The maximum absolute atomic E-state index is 12.1. The third kappa shape index (κ3) is 4.80. The fraction of sp³-hybridized carbons (Fsp3) is 0.286. The maximum atomic E-state index is 12.1. The zero-order valence-electron chi connectivity index (χ0n) is 14.9. The molecule has 0 atom stereocenters. The van der Waals surface area contributed by atoms with Gasteiger partial charge in [-0.05, 0) is 30.5 Å². The fourth-order valence-electron chi connectivity index (χ4n) is 2.80. The van der Waals surface area contributed by atoms with Gasteiger partial charge in [-0.25, -0.2) is 0 Å². The van der Waals surface area contributed by atoms with Crippen molar-refractivity contribution in [3.05, 3.63) is 71.3 Å². The van der Waals surface area contributed by atoms with E-state index < -0.39 is 11.8 Å². The molecule has 3 rings (SSSR count). The number of benzene rings is 2. The van der Waals surface area contributed by atoms with E-state index in [-0.39, 0.29) is 19.2 Å². The van der Waals surface area contributed by atoms with Gasteiger partial charge in [0.2, 0.25) is 0 Å². The number of ether oxygens (including phenoxy) is 1. The van der Waals surface area contributed by atoms with Gasteiger partial charge in [-0.1, -0.05) is 48.9 Å². The summed E-state index contributed by atoms with van der Waals surface area (Å²) in [5.74, 6) is -1.10. The lowest BCUT2D eigenvalue weighted by Gasteiger charge is -2.13. The molecule has 0 N–H and O–H groups in total. The molecular formula is C21H21NO5. The number of carbonyl (C=O) groups excluding carboxylic acids is 3. The number of carbonyl (C=O) groups is 3. The number of hydrogen-bond acceptors (Lipinski definition) is 5. The number of hydrogen-bond donors (Lipinski definition) is 0. The van der Waals surface area contributed by atoms with E-state index >= 15 is 0 Å². The van der Waals surface area contributed by atoms with Crippen LogP contribution in [0.1, 0.15) is 52.0 Å². The maximum Gasteiger partial charge on any atom is 0.306 e. The highest BCUT2D eigenvalue weighted by Gasteiger charge is 2.36. The molecule has 1 aliphatic heterocycles. The van der Waals surface area contributed by atoms with Crippen molar-refractivity contribution in [1.29, 1.82) is 0 Å². The van der Waals surface area contributed by atoms with Crippen molar-refractivity contribution < 1.29 is 24.0 Å². The molecule has 0 aromatic heterocycles. The van der Waals surface area contributed by atoms with Gasteiger partial charge >= 0.3 is 5.97 Å². The fourth-order valence-corrected chi connectivity index (χ4v) is 2.80. The number of unbranched alkanes of at least 4 members (excludes halogenated alkanes) is 2. The first kappa shape index (κ1) is 18.8. The largest absolute Gasteiger partial charge is 0.461 e. The second-order valence-corrected chi connectivity index (χ2v) is 6.24. The van der Waals surface area contributed by atoms with E-state index in [1.165, 1.54) is 0 Å². The molecule has 2 amide bonds. The highest BCUT2D eigenvalue weighted by atomic mass is 16.7. The zero-order chi connectivity index (χ0) is 19.1. The second-order valence-electron chi connectivity index (χ2n) is 6.24. The van der Waals surface area contributed by atoms with Gasteiger partial charge in [0.1, 0.15) is 6.61 Å². The normalized spacial score (nSPS) is 13.0. The number of amides is 2. The molecule has 27 heavy (non-hydrogen) atoms. The number of hydroxylamine groups is 2. The number of rotatable bonds is 9. The van der Waals surface area contributed by atoms with Gasteiger partial charge in [0, 0.05) is 6.42 Å². The average Bonchev–Trinajstić information content (AvgIpc) is 2.94. The molecule has 2 aromatic carbocycles. The molecule has 0 spiro atoms. The Balaban J connectivity index is 1.29. The molecule has 0 bridgehead atoms. The van der Waals surface area contributed by atoms with Crippen LogP contribution in [0.4, 0.5) is 0 Å². The Morgan fingerprint density at radius 2 is 1.44 bits per heavy atom. The minimum atomic E-state index is -0.430. The molecule has 0 aliphatic carbocycles. The highest BCUT2D eigenvalue weighted by molar-refractivity contribution is 6.20. The van der Waals surface area contributed by atoms with Crippen molar-refractivity contribution >= 4 is 17.8 Å². The Hall–Kier alpha value is -2.99. The SMILES string of the molecule is O=C(CCCCCON1C(=O)c2ccccc2C1=O)OCc1ccccc1. The summed E-state index contributed by atoms with van der Waals surface area (Å²) < 4.78 is 5.21. The van der Waals surface area contributed by atoms with Gasteiger partial charge in [0.15, 0.2) is 0 Å². The molecule has 0 saturated heterocycles. The van der Waals surface area contributed by atoms with Crippen molar-refractivity contribution in [2.45, 2.75) is 32.3 Å². The minimum absolute atomic E-state index is 0.236. The summed E-state index contributed by atoms with van der Waals surface area (Å²) in [6, 6.07) is 16.2. The summed E-state index contributed by atoms with van der Waals surface area (Å²) in [6.45, 7) is 0.521. The van der Waals surface area contributed by atoms with Crippen LogP contribution in [0.2, 0.25) is 0 Å².